The number of rotatable bonds is 7. The summed E-state index contributed by atoms with van der Waals surface area (Å²) in [5.41, 5.74) is -3.07. The number of nitrogens with one attached hydrogen (secondary N) is 3. The fourth-order valence-electron chi connectivity index (χ4n) is 5.63. The summed E-state index contributed by atoms with van der Waals surface area (Å²) in [6, 6.07) is -0.113. The van der Waals surface area contributed by atoms with Crippen LogP contribution in [-0.4, -0.2) is 53.6 Å². The Balaban J connectivity index is 1.56. The maximum atomic E-state index is 14.9. The summed E-state index contributed by atoms with van der Waals surface area (Å²) in [6.07, 6.45) is -3.69. The molecule has 2 fully saturated rings. The van der Waals surface area contributed by atoms with Gasteiger partial charge in [0.1, 0.15) is 17.2 Å². The zero-order valence-corrected chi connectivity index (χ0v) is 22.1. The Hall–Kier alpha value is -2.89. The number of amides is 2. The van der Waals surface area contributed by atoms with E-state index in [0.29, 0.717) is 25.5 Å². The molecule has 4 atom stereocenters. The predicted octanol–water partition coefficient (Wildman–Crippen LogP) is 4.14. The van der Waals surface area contributed by atoms with Crippen LogP contribution in [0.3, 0.4) is 0 Å². The van der Waals surface area contributed by atoms with E-state index in [9.17, 15) is 27.2 Å². The molecule has 0 bridgehead atoms. The Bertz CT molecular complexity index is 1120. The molecule has 210 valence electrons. The Labute approximate surface area is 218 Å². The van der Waals surface area contributed by atoms with E-state index in [1.165, 1.54) is 12.0 Å². The third kappa shape index (κ3) is 5.60. The van der Waals surface area contributed by atoms with Gasteiger partial charge in [-0.2, -0.15) is 13.2 Å². The molecule has 3 aliphatic rings. The van der Waals surface area contributed by atoms with Crippen LogP contribution in [0.4, 0.5) is 17.6 Å². The van der Waals surface area contributed by atoms with Crippen LogP contribution in [0.15, 0.2) is 12.1 Å². The van der Waals surface area contributed by atoms with Crippen LogP contribution in [0, 0.1) is 23.1 Å². The van der Waals surface area contributed by atoms with Crippen molar-refractivity contribution in [3.05, 3.63) is 29.1 Å². The summed E-state index contributed by atoms with van der Waals surface area (Å²) in [6.45, 7) is 7.13. The van der Waals surface area contributed by atoms with Gasteiger partial charge in [-0.25, -0.2) is 4.39 Å². The van der Waals surface area contributed by atoms with E-state index in [-0.39, 0.29) is 36.2 Å². The van der Waals surface area contributed by atoms with Crippen molar-refractivity contribution in [1.29, 1.82) is 5.41 Å². The minimum atomic E-state index is -4.76. The van der Waals surface area contributed by atoms with E-state index in [0.717, 1.165) is 6.07 Å². The van der Waals surface area contributed by atoms with Crippen molar-refractivity contribution in [3.8, 4) is 5.75 Å². The third-order valence-electron chi connectivity index (χ3n) is 7.37. The molecular formula is C26H34F4N4O4. The van der Waals surface area contributed by atoms with Gasteiger partial charge >= 0.3 is 6.18 Å². The van der Waals surface area contributed by atoms with E-state index < -0.39 is 58.4 Å². The highest BCUT2D eigenvalue weighted by molar-refractivity contribution is 5.99. The third-order valence-corrected chi connectivity index (χ3v) is 7.37. The largest absolute Gasteiger partial charge is 0.487 e. The highest BCUT2D eigenvalue weighted by atomic mass is 19.4. The molecule has 0 aromatic heterocycles. The second-order valence-corrected chi connectivity index (χ2v) is 11.6. The van der Waals surface area contributed by atoms with Crippen LogP contribution in [0.2, 0.25) is 0 Å². The van der Waals surface area contributed by atoms with Crippen LogP contribution < -0.4 is 15.4 Å². The van der Waals surface area contributed by atoms with Gasteiger partial charge < -0.3 is 20.1 Å². The number of hydrogen-bond acceptors (Lipinski definition) is 5. The van der Waals surface area contributed by atoms with Crippen molar-refractivity contribution in [2.75, 3.05) is 13.7 Å². The molecule has 0 unspecified atom stereocenters. The second kappa shape index (κ2) is 9.69. The molecule has 2 aliphatic heterocycles. The Morgan fingerprint density at radius 1 is 1.32 bits per heavy atom. The SMILES string of the molecule is COCC[C@H]([C@@H]1C[C@H]1C(=O)N[C@H]1CC(C)(C)Oc2c(C(F)(F)F)ccc(F)c21)N1C(=N)NC(C)(C)CC1=O. The molecule has 3 N–H and O–H groups in total. The first-order chi connectivity index (χ1) is 17.5. The molecule has 12 heteroatoms. The minimum Gasteiger partial charge on any atom is -0.487 e. The number of guanidine groups is 1. The van der Waals surface area contributed by atoms with Crippen molar-refractivity contribution in [3.63, 3.8) is 0 Å². The molecule has 1 aromatic carbocycles. The van der Waals surface area contributed by atoms with Crippen molar-refractivity contribution in [1.82, 2.24) is 15.5 Å². The molecule has 0 spiro atoms. The molecule has 2 amide bonds. The van der Waals surface area contributed by atoms with Gasteiger partial charge in [-0.1, -0.05) is 0 Å². The molecule has 2 heterocycles. The first kappa shape index (κ1) is 28.1. The Morgan fingerprint density at radius 2 is 2.00 bits per heavy atom. The molecule has 1 saturated heterocycles. The van der Waals surface area contributed by atoms with Crippen LogP contribution in [0.25, 0.3) is 0 Å². The summed E-state index contributed by atoms with van der Waals surface area (Å²) in [5, 5.41) is 14.2. The number of nitrogens with zero attached hydrogens (tertiary/aromatic N) is 1. The molecule has 1 aliphatic carbocycles. The summed E-state index contributed by atoms with van der Waals surface area (Å²) >= 11 is 0. The van der Waals surface area contributed by atoms with Crippen LogP contribution in [0.5, 0.6) is 5.75 Å². The van der Waals surface area contributed by atoms with Gasteiger partial charge in [0, 0.05) is 44.1 Å². The lowest BCUT2D eigenvalue weighted by Crippen LogP contribution is -2.63. The molecular weight excluding hydrogens is 508 g/mol. The monoisotopic (exact) mass is 542 g/mol. The van der Waals surface area contributed by atoms with Crippen molar-refractivity contribution in [2.24, 2.45) is 11.8 Å². The fourth-order valence-corrected chi connectivity index (χ4v) is 5.63. The summed E-state index contributed by atoms with van der Waals surface area (Å²) < 4.78 is 66.6. The Kier molecular flexibility index (Phi) is 7.17. The standard InChI is InChI=1S/C26H34F4N4O4/c1-24(2)12-19(35)34(23(31)33-24)18(8-9-37-5)13-10-14(13)22(36)32-17-11-25(3,4)38-21-15(26(28,29)30)6-7-16(27)20(17)21/h6-7,13-14,17-18H,8-12H2,1-5H3,(H2,31,33)(H,32,36)/t13-,14-,17+,18-/m1/s1. The maximum Gasteiger partial charge on any atom is 0.419 e. The number of hydrogen-bond donors (Lipinski definition) is 3. The first-order valence-corrected chi connectivity index (χ1v) is 12.6. The quantitative estimate of drug-likeness (QED) is 0.450. The van der Waals surface area contributed by atoms with Crippen molar-refractivity contribution < 1.29 is 36.6 Å². The molecule has 8 nitrogen and oxygen atoms in total. The summed E-state index contributed by atoms with van der Waals surface area (Å²) in [4.78, 5) is 27.7. The lowest BCUT2D eigenvalue weighted by molar-refractivity contribution is -0.140. The molecule has 1 saturated carbocycles. The van der Waals surface area contributed by atoms with Gasteiger partial charge in [-0.15, -0.1) is 0 Å². The van der Waals surface area contributed by atoms with Gasteiger partial charge in [0.2, 0.25) is 11.8 Å². The van der Waals surface area contributed by atoms with E-state index in [4.69, 9.17) is 14.9 Å². The molecule has 1 aromatic rings. The molecule has 4 rings (SSSR count). The fraction of sp³-hybridized carbons (Fsp3) is 0.654. The van der Waals surface area contributed by atoms with Crippen molar-refractivity contribution >= 4 is 17.8 Å². The number of carbonyl (C=O) groups excluding carboxylic acids is 2. The highest BCUT2D eigenvalue weighted by Gasteiger charge is 2.53. The van der Waals surface area contributed by atoms with E-state index >= 15 is 0 Å². The highest BCUT2D eigenvalue weighted by Crippen LogP contribution is 2.49. The molecule has 0 radical (unpaired) electrons. The van der Waals surface area contributed by atoms with E-state index in [1.807, 2.05) is 13.8 Å². The number of benzene rings is 1. The summed E-state index contributed by atoms with van der Waals surface area (Å²) in [5.74, 6) is -3.03. The smallest absolute Gasteiger partial charge is 0.419 e. The van der Waals surface area contributed by atoms with Gasteiger partial charge in [0.15, 0.2) is 5.96 Å². The van der Waals surface area contributed by atoms with Gasteiger partial charge in [0.05, 0.1) is 17.2 Å². The number of carbonyl (C=O) groups is 2. The minimum absolute atomic E-state index is 0.0414. The van der Waals surface area contributed by atoms with Gasteiger partial charge in [0.25, 0.3) is 0 Å². The zero-order chi connectivity index (χ0) is 28.2. The molecule has 38 heavy (non-hydrogen) atoms. The number of alkyl halides is 3. The van der Waals surface area contributed by atoms with Crippen LogP contribution >= 0.6 is 0 Å². The van der Waals surface area contributed by atoms with E-state index in [2.05, 4.69) is 10.6 Å². The normalized spacial score (nSPS) is 26.7. The number of halogens is 4. The zero-order valence-electron chi connectivity index (χ0n) is 22.1. The number of fused-ring (bicyclic) bond motifs is 1. The number of ether oxygens (including phenoxy) is 2. The van der Waals surface area contributed by atoms with Crippen molar-refractivity contribution in [2.45, 2.75) is 82.8 Å². The Morgan fingerprint density at radius 3 is 2.61 bits per heavy atom. The van der Waals surface area contributed by atoms with Crippen LogP contribution in [-0.2, 0) is 20.5 Å². The van der Waals surface area contributed by atoms with Gasteiger partial charge in [-0.3, -0.25) is 19.9 Å². The summed E-state index contributed by atoms with van der Waals surface area (Å²) in [7, 11) is 1.52. The number of methoxy groups -OCH3 is 1. The lowest BCUT2D eigenvalue weighted by Gasteiger charge is -2.42. The first-order valence-electron chi connectivity index (χ1n) is 12.6. The average molecular weight is 543 g/mol. The topological polar surface area (TPSA) is 104 Å². The lowest BCUT2D eigenvalue weighted by atomic mass is 9.87. The van der Waals surface area contributed by atoms with Crippen LogP contribution in [0.1, 0.15) is 70.5 Å². The van der Waals surface area contributed by atoms with E-state index in [1.54, 1.807) is 13.8 Å². The maximum absolute atomic E-state index is 14.9. The predicted molar refractivity (Wildman–Crippen MR) is 130 cm³/mol. The van der Waals surface area contributed by atoms with Gasteiger partial charge in [-0.05, 0) is 58.6 Å². The second-order valence-electron chi connectivity index (χ2n) is 11.6. The average Bonchev–Trinajstić information content (AvgIpc) is 3.53.